The smallest absolute Gasteiger partial charge is 0.343 e. The van der Waals surface area contributed by atoms with E-state index in [0.29, 0.717) is 5.69 Å². The predicted molar refractivity (Wildman–Crippen MR) is 121 cm³/mol. The summed E-state index contributed by atoms with van der Waals surface area (Å²) in [6, 6.07) is 8.12. The highest BCUT2D eigenvalue weighted by atomic mass is 35.5. The molecule has 34 heavy (non-hydrogen) atoms. The number of carboxylic acids is 2. The minimum absolute atomic E-state index is 0.0522. The number of carbonyl (C=O) groups is 3. The van der Waals surface area contributed by atoms with Crippen molar-refractivity contribution in [2.75, 3.05) is 0 Å². The monoisotopic (exact) mass is 513 g/mol. The summed E-state index contributed by atoms with van der Waals surface area (Å²) in [7, 11) is -4.38. The van der Waals surface area contributed by atoms with Gasteiger partial charge in [-0.1, -0.05) is 17.7 Å². The number of esters is 1. The van der Waals surface area contributed by atoms with Crippen LogP contribution in [0.3, 0.4) is 0 Å². The maximum absolute atomic E-state index is 12.3. The summed E-state index contributed by atoms with van der Waals surface area (Å²) in [4.78, 5) is 37.8. The fourth-order valence-electron chi connectivity index (χ4n) is 2.48. The number of guanidine groups is 1. The van der Waals surface area contributed by atoms with Crippen LogP contribution in [0.4, 0.5) is 5.69 Å². The topological polar surface area (TPSA) is 223 Å². The molecule has 0 aromatic heterocycles. The third-order valence-electron chi connectivity index (χ3n) is 4.02. The Morgan fingerprint density at radius 3 is 2.26 bits per heavy atom. The quantitative estimate of drug-likeness (QED) is 0.104. The summed E-state index contributed by atoms with van der Waals surface area (Å²) in [5, 5.41) is 17.7. The lowest BCUT2D eigenvalue weighted by molar-refractivity contribution is -0.145. The number of nitrogens with two attached hydrogens (primary N) is 2. The van der Waals surface area contributed by atoms with Gasteiger partial charge >= 0.3 is 17.9 Å². The van der Waals surface area contributed by atoms with Gasteiger partial charge in [-0.2, -0.15) is 17.9 Å². The third kappa shape index (κ3) is 8.32. The number of hydrogen-bond acceptors (Lipinski definition) is 7. The number of nitrogens with zero attached hydrogens (tertiary/aromatic N) is 1. The van der Waals surface area contributed by atoms with Crippen molar-refractivity contribution in [1.82, 2.24) is 9.44 Å². The van der Waals surface area contributed by atoms with Crippen molar-refractivity contribution in [2.45, 2.75) is 19.0 Å². The molecule has 0 aliphatic rings. The number of rotatable bonds is 11. The van der Waals surface area contributed by atoms with Gasteiger partial charge in [0.25, 0.3) is 10.2 Å². The second-order valence-electron chi connectivity index (χ2n) is 6.66. The average Bonchev–Trinajstić information content (AvgIpc) is 2.72. The van der Waals surface area contributed by atoms with Crippen LogP contribution in [0.1, 0.15) is 22.3 Å². The molecule has 0 aliphatic heterocycles. The van der Waals surface area contributed by atoms with Crippen LogP contribution in [0, 0.1) is 0 Å². The molecular formula is C19H20ClN5O8S. The fraction of sp³-hybridized carbons (Fsp3) is 0.158. The molecule has 182 valence electrons. The Hall–Kier alpha value is -3.72. The van der Waals surface area contributed by atoms with Crippen LogP contribution >= 0.6 is 11.6 Å². The lowest BCUT2D eigenvalue weighted by Crippen LogP contribution is -2.47. The lowest BCUT2D eigenvalue weighted by atomic mass is 10.2. The highest BCUT2D eigenvalue weighted by Gasteiger charge is 2.26. The zero-order valence-electron chi connectivity index (χ0n) is 17.3. The highest BCUT2D eigenvalue weighted by Crippen LogP contribution is 2.24. The third-order valence-corrected chi connectivity index (χ3v) is 5.49. The number of hydrogen-bond donors (Lipinski definition) is 6. The van der Waals surface area contributed by atoms with Gasteiger partial charge in [0.1, 0.15) is 11.8 Å². The van der Waals surface area contributed by atoms with Crippen molar-refractivity contribution in [3.63, 3.8) is 0 Å². The lowest BCUT2D eigenvalue weighted by Gasteiger charge is -2.14. The molecule has 0 amide bonds. The molecule has 0 fully saturated rings. The van der Waals surface area contributed by atoms with Crippen LogP contribution in [0.5, 0.6) is 5.75 Å². The number of ether oxygens (including phenoxy) is 1. The molecule has 0 saturated carbocycles. The molecule has 1 atom stereocenters. The summed E-state index contributed by atoms with van der Waals surface area (Å²) < 4.78 is 33.1. The van der Waals surface area contributed by atoms with Crippen molar-refractivity contribution < 1.29 is 37.8 Å². The summed E-state index contributed by atoms with van der Waals surface area (Å²) >= 11 is 6.13. The Bertz CT molecular complexity index is 1210. The molecule has 0 saturated heterocycles. The van der Waals surface area contributed by atoms with Gasteiger partial charge in [0.05, 0.1) is 17.7 Å². The van der Waals surface area contributed by atoms with Crippen molar-refractivity contribution in [3.05, 3.63) is 58.6 Å². The Morgan fingerprint density at radius 1 is 1.09 bits per heavy atom. The van der Waals surface area contributed by atoms with Crippen LogP contribution in [0.25, 0.3) is 0 Å². The minimum Gasteiger partial charge on any atom is -0.481 e. The molecule has 0 radical (unpaired) electrons. The van der Waals surface area contributed by atoms with E-state index in [0.717, 1.165) is 0 Å². The molecule has 2 aromatic carbocycles. The van der Waals surface area contributed by atoms with Crippen molar-refractivity contribution >= 4 is 51.4 Å². The van der Waals surface area contributed by atoms with Gasteiger partial charge in [0.2, 0.25) is 0 Å². The van der Waals surface area contributed by atoms with Gasteiger partial charge in [-0.3, -0.25) is 9.59 Å². The summed E-state index contributed by atoms with van der Waals surface area (Å²) in [5.41, 5.74) is 11.5. The molecular weight excluding hydrogens is 494 g/mol. The van der Waals surface area contributed by atoms with Crippen molar-refractivity contribution in [2.24, 2.45) is 16.5 Å². The summed E-state index contributed by atoms with van der Waals surface area (Å²) in [6.45, 7) is -0.353. The number of halogens is 1. The number of benzene rings is 2. The van der Waals surface area contributed by atoms with Crippen molar-refractivity contribution in [3.8, 4) is 5.75 Å². The van der Waals surface area contributed by atoms with Gasteiger partial charge in [-0.05, 0) is 42.0 Å². The molecule has 0 bridgehead atoms. The van der Waals surface area contributed by atoms with E-state index in [4.69, 9.17) is 38.0 Å². The maximum Gasteiger partial charge on any atom is 0.343 e. The second kappa shape index (κ2) is 11.4. The molecule has 15 heteroatoms. The van der Waals surface area contributed by atoms with Gasteiger partial charge in [-0.15, -0.1) is 0 Å². The van der Waals surface area contributed by atoms with E-state index in [1.54, 1.807) is 4.72 Å². The highest BCUT2D eigenvalue weighted by molar-refractivity contribution is 7.87. The first-order chi connectivity index (χ1) is 15.9. The fourth-order valence-corrected chi connectivity index (χ4v) is 3.70. The van der Waals surface area contributed by atoms with E-state index < -0.39 is 40.6 Å². The van der Waals surface area contributed by atoms with Gasteiger partial charge in [0.15, 0.2) is 5.96 Å². The first-order valence-corrected chi connectivity index (χ1v) is 11.1. The van der Waals surface area contributed by atoms with E-state index in [2.05, 4.69) is 9.71 Å². The number of aliphatic imine (C=N–C) groups is 1. The zero-order valence-corrected chi connectivity index (χ0v) is 18.8. The Morgan fingerprint density at radius 2 is 1.74 bits per heavy atom. The van der Waals surface area contributed by atoms with Gasteiger partial charge in [0, 0.05) is 11.6 Å². The molecule has 0 unspecified atom stereocenters. The van der Waals surface area contributed by atoms with E-state index in [1.165, 1.54) is 42.5 Å². The minimum atomic E-state index is -4.38. The van der Waals surface area contributed by atoms with Gasteiger partial charge in [-0.25, -0.2) is 9.79 Å². The van der Waals surface area contributed by atoms with Crippen LogP contribution in [-0.2, 0) is 26.3 Å². The number of carbonyl (C=O) groups excluding carboxylic acids is 1. The molecule has 8 N–H and O–H groups in total. The molecule has 13 nitrogen and oxygen atoms in total. The Labute approximate surface area is 198 Å². The Kier molecular flexibility index (Phi) is 8.91. The first-order valence-electron chi connectivity index (χ1n) is 9.28. The largest absolute Gasteiger partial charge is 0.481 e. The molecule has 2 aromatic rings. The zero-order chi connectivity index (χ0) is 25.5. The Balaban J connectivity index is 2.02. The van der Waals surface area contributed by atoms with Crippen LogP contribution in [0.15, 0.2) is 47.5 Å². The van der Waals surface area contributed by atoms with E-state index in [-0.39, 0.29) is 34.4 Å². The standard InChI is InChI=1S/C19H20ClN5O8S/c20-14-7-13(33-18(30)10-1-4-12(5-2-10)24-19(21)22)6-3-11(14)9-23-34(31,32)25-15(17(28)29)8-16(26)27/h1-7,15,23,25H,8-9H2,(H,26,27)(H,28,29)(H4,21,22,24)/t15-/m0/s1. The molecule has 0 aliphatic carbocycles. The first kappa shape index (κ1) is 26.5. The molecule has 0 heterocycles. The van der Waals surface area contributed by atoms with Crippen LogP contribution in [0.2, 0.25) is 5.02 Å². The number of carboxylic acid groups (broad SMARTS) is 2. The molecule has 0 spiro atoms. The maximum atomic E-state index is 12.3. The summed E-state index contributed by atoms with van der Waals surface area (Å²) in [5.74, 6) is -3.88. The van der Waals surface area contributed by atoms with Crippen LogP contribution < -0.4 is 25.6 Å². The second-order valence-corrected chi connectivity index (χ2v) is 8.60. The van der Waals surface area contributed by atoms with E-state index in [9.17, 15) is 22.8 Å². The number of nitrogens with one attached hydrogen (secondary N) is 2. The van der Waals surface area contributed by atoms with Crippen LogP contribution in [-0.4, -0.2) is 48.5 Å². The summed E-state index contributed by atoms with van der Waals surface area (Å²) in [6.07, 6.45) is -0.950. The van der Waals surface area contributed by atoms with E-state index in [1.807, 2.05) is 0 Å². The van der Waals surface area contributed by atoms with Crippen molar-refractivity contribution in [1.29, 1.82) is 0 Å². The predicted octanol–water partition coefficient (Wildman–Crippen LogP) is 0.316. The average molecular weight is 514 g/mol. The normalized spacial score (nSPS) is 11.9. The molecule has 2 rings (SSSR count). The SMILES string of the molecule is NC(N)=Nc1ccc(C(=O)Oc2ccc(CNS(=O)(=O)N[C@@H](CC(=O)O)C(=O)O)c(Cl)c2)cc1. The van der Waals surface area contributed by atoms with E-state index >= 15 is 0 Å². The van der Waals surface area contributed by atoms with Gasteiger partial charge < -0.3 is 26.4 Å². The number of aliphatic carboxylic acids is 2.